The van der Waals surface area contributed by atoms with Gasteiger partial charge in [-0.2, -0.15) is 0 Å². The SMILES string of the molecule is CC1(C)c2ccccc2-c2ccc(N(c3cc(-c4ccccc4)cc(-c4ccccc4)c3)c3cccc(-c4cccc5c4sc4ccccc45)c3)cc21. The lowest BCUT2D eigenvalue weighted by Crippen LogP contribution is -2.16. The van der Waals surface area contributed by atoms with Gasteiger partial charge in [0.1, 0.15) is 0 Å². The van der Waals surface area contributed by atoms with Crippen LogP contribution in [0.3, 0.4) is 0 Å². The zero-order chi connectivity index (χ0) is 35.5. The lowest BCUT2D eigenvalue weighted by molar-refractivity contribution is 0.660. The summed E-state index contributed by atoms with van der Waals surface area (Å²) in [5, 5.41) is 2.63. The fourth-order valence-electron chi connectivity index (χ4n) is 8.40. The molecule has 2 heteroatoms. The number of thiophene rings is 1. The van der Waals surface area contributed by atoms with Gasteiger partial charge in [-0.3, -0.25) is 0 Å². The van der Waals surface area contributed by atoms with Crippen molar-refractivity contribution in [1.82, 2.24) is 0 Å². The first kappa shape index (κ1) is 31.5. The summed E-state index contributed by atoms with van der Waals surface area (Å²) >= 11 is 1.88. The summed E-state index contributed by atoms with van der Waals surface area (Å²) in [7, 11) is 0. The highest BCUT2D eigenvalue weighted by Gasteiger charge is 2.35. The largest absolute Gasteiger partial charge is 0.310 e. The van der Waals surface area contributed by atoms with Crippen LogP contribution in [0, 0.1) is 0 Å². The molecule has 0 bridgehead atoms. The summed E-state index contributed by atoms with van der Waals surface area (Å²) in [5.41, 5.74) is 15.9. The van der Waals surface area contributed by atoms with Crippen LogP contribution in [0.4, 0.5) is 17.1 Å². The van der Waals surface area contributed by atoms with Crippen LogP contribution in [0.5, 0.6) is 0 Å². The standard InChI is InChI=1S/C51H37NS/c1-51(2)47-25-11-9-21-43(47)44-28-27-40(33-48(44)51)52(41-31-37(34-15-5-3-6-16-34)29-38(32-41)35-17-7-4-8-18-35)39-20-13-19-36(30-39)42-23-14-24-46-45-22-10-12-26-49(45)53-50(42)46/h3-33H,1-2H3. The minimum absolute atomic E-state index is 0.118. The van der Waals surface area contributed by atoms with Gasteiger partial charge in [-0.25, -0.2) is 0 Å². The van der Waals surface area contributed by atoms with E-state index in [2.05, 4.69) is 207 Å². The number of hydrogen-bond acceptors (Lipinski definition) is 2. The molecule has 0 fully saturated rings. The van der Waals surface area contributed by atoms with Gasteiger partial charge in [-0.15, -0.1) is 11.3 Å². The Kier molecular flexibility index (Phi) is 7.42. The molecule has 0 amide bonds. The van der Waals surface area contributed by atoms with Crippen LogP contribution in [0.15, 0.2) is 188 Å². The Morgan fingerprint density at radius 3 is 1.72 bits per heavy atom. The smallest absolute Gasteiger partial charge is 0.0473 e. The van der Waals surface area contributed by atoms with E-state index in [1.165, 1.54) is 75.8 Å². The maximum atomic E-state index is 2.47. The van der Waals surface area contributed by atoms with Crippen LogP contribution in [0.25, 0.3) is 64.7 Å². The molecule has 0 spiro atoms. The number of fused-ring (bicyclic) bond motifs is 6. The molecule has 1 aliphatic carbocycles. The van der Waals surface area contributed by atoms with Crippen molar-refractivity contribution in [1.29, 1.82) is 0 Å². The van der Waals surface area contributed by atoms with E-state index in [-0.39, 0.29) is 5.41 Å². The predicted molar refractivity (Wildman–Crippen MR) is 228 cm³/mol. The first-order valence-corrected chi connectivity index (χ1v) is 19.2. The molecular formula is C51H37NS. The van der Waals surface area contributed by atoms with Crippen molar-refractivity contribution in [2.45, 2.75) is 19.3 Å². The third-order valence-corrected chi connectivity index (χ3v) is 12.3. The zero-order valence-corrected chi connectivity index (χ0v) is 30.6. The molecule has 0 aliphatic heterocycles. The molecule has 1 heterocycles. The Morgan fingerprint density at radius 2 is 0.943 bits per heavy atom. The summed E-state index contributed by atoms with van der Waals surface area (Å²) in [6, 6.07) is 69.2. The Bertz CT molecular complexity index is 2750. The van der Waals surface area contributed by atoms with Gasteiger partial charge in [0.05, 0.1) is 0 Å². The van der Waals surface area contributed by atoms with Gasteiger partial charge in [-0.05, 0) is 104 Å². The normalized spacial score (nSPS) is 12.9. The highest BCUT2D eigenvalue weighted by atomic mass is 32.1. The second-order valence-electron chi connectivity index (χ2n) is 14.6. The van der Waals surface area contributed by atoms with Crippen LogP contribution in [-0.4, -0.2) is 0 Å². The molecule has 1 nitrogen and oxygen atoms in total. The molecular weight excluding hydrogens is 659 g/mol. The van der Waals surface area contributed by atoms with Crippen molar-refractivity contribution < 1.29 is 0 Å². The van der Waals surface area contributed by atoms with Crippen molar-refractivity contribution in [3.63, 3.8) is 0 Å². The molecule has 252 valence electrons. The van der Waals surface area contributed by atoms with E-state index in [0.717, 1.165) is 17.1 Å². The third-order valence-electron chi connectivity index (χ3n) is 11.0. The van der Waals surface area contributed by atoms with Crippen molar-refractivity contribution in [2.24, 2.45) is 0 Å². The molecule has 9 aromatic rings. The summed E-state index contributed by atoms with van der Waals surface area (Å²) in [4.78, 5) is 2.47. The number of rotatable bonds is 6. The van der Waals surface area contributed by atoms with Crippen molar-refractivity contribution in [3.05, 3.63) is 199 Å². The highest BCUT2D eigenvalue weighted by Crippen LogP contribution is 2.51. The molecule has 53 heavy (non-hydrogen) atoms. The maximum absolute atomic E-state index is 2.47. The van der Waals surface area contributed by atoms with Gasteiger partial charge in [0.25, 0.3) is 0 Å². The summed E-state index contributed by atoms with van der Waals surface area (Å²) < 4.78 is 2.65. The average Bonchev–Trinajstić information content (AvgIpc) is 3.71. The molecule has 0 radical (unpaired) electrons. The molecule has 10 rings (SSSR count). The van der Waals surface area contributed by atoms with Gasteiger partial charge in [0, 0.05) is 42.6 Å². The van der Waals surface area contributed by atoms with Gasteiger partial charge in [-0.1, -0.05) is 153 Å². The monoisotopic (exact) mass is 695 g/mol. The van der Waals surface area contributed by atoms with E-state index < -0.39 is 0 Å². The van der Waals surface area contributed by atoms with Crippen LogP contribution < -0.4 is 4.90 Å². The second-order valence-corrected chi connectivity index (χ2v) is 15.6. The predicted octanol–water partition coefficient (Wildman–Crippen LogP) is 14.8. The Balaban J connectivity index is 1.21. The molecule has 0 saturated carbocycles. The van der Waals surface area contributed by atoms with E-state index in [4.69, 9.17) is 0 Å². The first-order valence-electron chi connectivity index (χ1n) is 18.3. The molecule has 1 aromatic heterocycles. The number of hydrogen-bond donors (Lipinski definition) is 0. The van der Waals surface area contributed by atoms with Crippen LogP contribution >= 0.6 is 11.3 Å². The molecule has 1 aliphatic rings. The Labute approximate surface area is 315 Å². The zero-order valence-electron chi connectivity index (χ0n) is 29.8. The number of benzene rings is 8. The summed E-state index contributed by atoms with van der Waals surface area (Å²) in [6.45, 7) is 4.73. The minimum Gasteiger partial charge on any atom is -0.310 e. The van der Waals surface area contributed by atoms with Gasteiger partial charge >= 0.3 is 0 Å². The Morgan fingerprint density at radius 1 is 0.377 bits per heavy atom. The van der Waals surface area contributed by atoms with E-state index >= 15 is 0 Å². The van der Waals surface area contributed by atoms with Crippen molar-refractivity contribution in [2.75, 3.05) is 4.90 Å². The Hall–Kier alpha value is -6.22. The molecule has 0 atom stereocenters. The maximum Gasteiger partial charge on any atom is 0.0473 e. The van der Waals surface area contributed by atoms with E-state index in [0.29, 0.717) is 0 Å². The number of nitrogens with zero attached hydrogens (tertiary/aromatic N) is 1. The second kappa shape index (κ2) is 12.5. The van der Waals surface area contributed by atoms with E-state index in [9.17, 15) is 0 Å². The molecule has 0 unspecified atom stereocenters. The summed E-state index contributed by atoms with van der Waals surface area (Å²) in [6.07, 6.45) is 0. The molecule has 0 saturated heterocycles. The molecule has 8 aromatic carbocycles. The summed E-state index contributed by atoms with van der Waals surface area (Å²) in [5.74, 6) is 0. The van der Waals surface area contributed by atoms with E-state index in [1.54, 1.807) is 0 Å². The fraction of sp³-hybridized carbons (Fsp3) is 0.0588. The minimum atomic E-state index is -0.118. The third kappa shape index (κ3) is 5.29. The average molecular weight is 696 g/mol. The van der Waals surface area contributed by atoms with Gasteiger partial charge < -0.3 is 4.90 Å². The van der Waals surface area contributed by atoms with Gasteiger partial charge in [0.15, 0.2) is 0 Å². The van der Waals surface area contributed by atoms with E-state index in [1.807, 2.05) is 11.3 Å². The van der Waals surface area contributed by atoms with Crippen molar-refractivity contribution >= 4 is 48.6 Å². The first-order chi connectivity index (χ1) is 26.0. The van der Waals surface area contributed by atoms with Crippen LogP contribution in [0.1, 0.15) is 25.0 Å². The lowest BCUT2D eigenvalue weighted by atomic mass is 9.82. The van der Waals surface area contributed by atoms with Crippen LogP contribution in [0.2, 0.25) is 0 Å². The molecule has 0 N–H and O–H groups in total. The van der Waals surface area contributed by atoms with Gasteiger partial charge in [0.2, 0.25) is 0 Å². The topological polar surface area (TPSA) is 3.24 Å². The van der Waals surface area contributed by atoms with Crippen molar-refractivity contribution in [3.8, 4) is 44.5 Å². The van der Waals surface area contributed by atoms with Crippen LogP contribution in [-0.2, 0) is 5.41 Å². The number of anilines is 3. The highest BCUT2D eigenvalue weighted by molar-refractivity contribution is 7.26. The fourth-order valence-corrected chi connectivity index (χ4v) is 9.64. The lowest BCUT2D eigenvalue weighted by Gasteiger charge is -2.29. The quantitative estimate of drug-likeness (QED) is 0.167.